The quantitative estimate of drug-likeness (QED) is 0.146. The number of thiazole rings is 1. The standard InChI is InChI=1S/C21H28NO3SSi.3C4H9.Sn/c1-20(2,3)27(5,6)25-21(19-22-12-13-26-19)11-7-8-15-14-16(18(23)24-4)9-10-17(15)21;3*1-3-4-2;/h9-10,12,14H,7-8,11H2,1-6H3;3*1,3-4H2,2H3;/t21-;;;;/m1..../s1. The number of benzene rings is 1. The van der Waals surface area contributed by atoms with Crippen LogP contribution in [0.15, 0.2) is 24.4 Å². The van der Waals surface area contributed by atoms with Crippen LogP contribution in [0.4, 0.5) is 0 Å². The maximum atomic E-state index is 12.4. The molecule has 1 aliphatic carbocycles. The van der Waals surface area contributed by atoms with Gasteiger partial charge in [0, 0.05) is 0 Å². The molecule has 224 valence electrons. The molecule has 2 aromatic rings. The van der Waals surface area contributed by atoms with E-state index in [-0.39, 0.29) is 11.0 Å². The molecule has 7 heteroatoms. The minimum absolute atomic E-state index is 0.0794. The van der Waals surface area contributed by atoms with Gasteiger partial charge in [0.15, 0.2) is 0 Å². The normalized spacial score (nSPS) is 18.0. The molecular weight excluding hydrogens is 637 g/mol. The van der Waals surface area contributed by atoms with Gasteiger partial charge in [-0.15, -0.1) is 0 Å². The Morgan fingerprint density at radius 2 is 1.65 bits per heavy atom. The van der Waals surface area contributed by atoms with E-state index >= 15 is 0 Å². The van der Waals surface area contributed by atoms with Crippen LogP contribution in [-0.4, -0.2) is 44.8 Å². The van der Waals surface area contributed by atoms with E-state index < -0.39 is 32.3 Å². The van der Waals surface area contributed by atoms with E-state index in [4.69, 9.17) is 14.1 Å². The molecule has 1 heterocycles. The Morgan fingerprint density at radius 3 is 2.17 bits per heavy atom. The number of carbonyl (C=O) groups excluding carboxylic acids is 1. The fourth-order valence-electron chi connectivity index (χ4n) is 6.06. The van der Waals surface area contributed by atoms with Crippen molar-refractivity contribution < 1.29 is 14.0 Å². The van der Waals surface area contributed by atoms with Crippen LogP contribution in [0.3, 0.4) is 0 Å². The average molecular weight is 693 g/mol. The van der Waals surface area contributed by atoms with Gasteiger partial charge in [0.05, 0.1) is 0 Å². The molecule has 1 atom stereocenters. The summed E-state index contributed by atoms with van der Waals surface area (Å²) in [5.74, 6) is -0.276. The van der Waals surface area contributed by atoms with Gasteiger partial charge in [-0.1, -0.05) is 0 Å². The molecule has 1 aromatic heterocycles. The van der Waals surface area contributed by atoms with Gasteiger partial charge < -0.3 is 0 Å². The molecule has 3 rings (SSSR count). The zero-order valence-electron chi connectivity index (χ0n) is 26.9. The van der Waals surface area contributed by atoms with Crippen molar-refractivity contribution in [3.8, 4) is 0 Å². The minimum atomic E-state index is -2.63. The zero-order chi connectivity index (χ0) is 29.6. The number of unbranched alkanes of at least 4 members (excludes halogenated alkanes) is 3. The summed E-state index contributed by atoms with van der Waals surface area (Å²) in [6.45, 7) is 18.7. The van der Waals surface area contributed by atoms with Gasteiger partial charge in [-0.05, 0) is 0 Å². The van der Waals surface area contributed by atoms with E-state index in [1.807, 2.05) is 23.5 Å². The maximum absolute atomic E-state index is 12.4. The summed E-state index contributed by atoms with van der Waals surface area (Å²) in [7, 11) is -0.710. The van der Waals surface area contributed by atoms with Gasteiger partial charge >= 0.3 is 255 Å². The van der Waals surface area contributed by atoms with Crippen molar-refractivity contribution in [2.75, 3.05) is 7.11 Å². The number of esters is 1. The van der Waals surface area contributed by atoms with Crippen molar-refractivity contribution in [2.45, 2.75) is 136 Å². The van der Waals surface area contributed by atoms with Crippen molar-refractivity contribution in [3.05, 3.63) is 46.1 Å². The monoisotopic (exact) mass is 693 g/mol. The van der Waals surface area contributed by atoms with Gasteiger partial charge in [-0.2, -0.15) is 0 Å². The molecule has 0 radical (unpaired) electrons. The zero-order valence-corrected chi connectivity index (χ0v) is 31.5. The molecule has 1 aliphatic rings. The second-order valence-electron chi connectivity index (χ2n) is 13.5. The van der Waals surface area contributed by atoms with Crippen LogP contribution in [0.2, 0.25) is 31.4 Å². The van der Waals surface area contributed by atoms with Crippen molar-refractivity contribution in [1.29, 1.82) is 0 Å². The summed E-state index contributed by atoms with van der Waals surface area (Å²) in [5.41, 5.74) is 2.50. The van der Waals surface area contributed by atoms with E-state index in [0.29, 0.717) is 5.56 Å². The van der Waals surface area contributed by atoms with Crippen LogP contribution in [0.25, 0.3) is 0 Å². The third kappa shape index (κ3) is 7.25. The summed E-state index contributed by atoms with van der Waals surface area (Å²) in [5, 5.41) is 1.24. The number of carbonyl (C=O) groups is 1. The van der Waals surface area contributed by atoms with Crippen LogP contribution in [-0.2, 0) is 21.2 Å². The first-order chi connectivity index (χ1) is 18.9. The molecule has 0 saturated carbocycles. The van der Waals surface area contributed by atoms with Crippen molar-refractivity contribution in [1.82, 2.24) is 4.98 Å². The number of ether oxygens (including phenoxy) is 1. The molecular formula is C33H55NO3SSiSn. The van der Waals surface area contributed by atoms with E-state index in [2.05, 4.69) is 66.9 Å². The third-order valence-corrected chi connectivity index (χ3v) is 33.4. The Hall–Kier alpha value is -0.704. The van der Waals surface area contributed by atoms with Crippen molar-refractivity contribution in [3.63, 3.8) is 0 Å². The number of hydrogen-bond acceptors (Lipinski definition) is 5. The first kappa shape index (κ1) is 33.8. The van der Waals surface area contributed by atoms with Gasteiger partial charge in [-0.3, -0.25) is 0 Å². The molecule has 0 unspecified atom stereocenters. The van der Waals surface area contributed by atoms with E-state index in [1.165, 1.54) is 70.1 Å². The summed E-state index contributed by atoms with van der Waals surface area (Å²) >= 11 is -0.619. The number of fused-ring (bicyclic) bond motifs is 1. The van der Waals surface area contributed by atoms with Crippen molar-refractivity contribution in [2.24, 2.45) is 0 Å². The Kier molecular flexibility index (Phi) is 12.0. The topological polar surface area (TPSA) is 48.4 Å². The molecule has 0 saturated heterocycles. The number of hydrogen-bond donors (Lipinski definition) is 0. The summed E-state index contributed by atoms with van der Waals surface area (Å²) in [6.07, 6.45) is 13.1. The number of methoxy groups -OCH3 is 1. The Morgan fingerprint density at radius 1 is 1.05 bits per heavy atom. The fraction of sp³-hybridized carbons (Fsp3) is 0.697. The first-order valence-corrected chi connectivity index (χ1v) is 27.0. The van der Waals surface area contributed by atoms with Gasteiger partial charge in [0.2, 0.25) is 0 Å². The fourth-order valence-corrected chi connectivity index (χ4v) is 27.4. The second kappa shape index (κ2) is 14.2. The first-order valence-electron chi connectivity index (χ1n) is 15.8. The van der Waals surface area contributed by atoms with Crippen LogP contribution in [0.1, 0.15) is 119 Å². The van der Waals surface area contributed by atoms with Gasteiger partial charge in [-0.25, -0.2) is 0 Å². The van der Waals surface area contributed by atoms with E-state index in [0.717, 1.165) is 24.3 Å². The average Bonchev–Trinajstić information content (AvgIpc) is 3.43. The SMILES string of the molecule is CCC[CH2][Sn]([CH2]CCC)([CH2]CCC)[c]1cnc([C@@]2(O[Si](C)(C)C(C)(C)C)CCCc3cc(C(=O)OC)ccc32)s1. The molecule has 1 aromatic carbocycles. The Labute approximate surface area is 254 Å². The third-order valence-electron chi connectivity index (χ3n) is 9.57. The number of rotatable bonds is 14. The number of nitrogens with zero attached hydrogens (tertiary/aromatic N) is 1. The van der Waals surface area contributed by atoms with E-state index in [9.17, 15) is 4.79 Å². The second-order valence-corrected chi connectivity index (χ2v) is 33.4. The summed E-state index contributed by atoms with van der Waals surface area (Å²) < 4.78 is 18.6. The van der Waals surface area contributed by atoms with Gasteiger partial charge in [0.25, 0.3) is 0 Å². The molecule has 0 bridgehead atoms. The molecule has 4 nitrogen and oxygen atoms in total. The number of aromatic nitrogens is 1. The molecule has 0 amide bonds. The molecule has 0 spiro atoms. The Bertz CT molecular complexity index is 1100. The predicted molar refractivity (Wildman–Crippen MR) is 176 cm³/mol. The van der Waals surface area contributed by atoms with E-state index in [1.54, 1.807) is 2.89 Å². The van der Waals surface area contributed by atoms with Crippen LogP contribution in [0, 0.1) is 0 Å². The molecule has 0 fully saturated rings. The van der Waals surface area contributed by atoms with Gasteiger partial charge in [0.1, 0.15) is 0 Å². The summed E-state index contributed by atoms with van der Waals surface area (Å²) in [6, 6.07) is 6.13. The Balaban J connectivity index is 2.21. The van der Waals surface area contributed by atoms with Crippen LogP contribution < -0.4 is 2.89 Å². The molecule has 40 heavy (non-hydrogen) atoms. The van der Waals surface area contributed by atoms with Crippen LogP contribution >= 0.6 is 11.3 Å². The molecule has 0 aliphatic heterocycles. The van der Waals surface area contributed by atoms with Crippen LogP contribution in [0.5, 0.6) is 0 Å². The number of aryl methyl sites for hydroxylation is 1. The molecule has 0 N–H and O–H groups in total. The summed E-state index contributed by atoms with van der Waals surface area (Å²) in [4.78, 5) is 17.7. The van der Waals surface area contributed by atoms with Crippen molar-refractivity contribution >= 4 is 46.9 Å². The predicted octanol–water partition coefficient (Wildman–Crippen LogP) is 9.59.